The van der Waals surface area contributed by atoms with E-state index in [-0.39, 0.29) is 11.9 Å². The molecule has 0 radical (unpaired) electrons. The number of nitrogens with one attached hydrogen (secondary N) is 1. The van der Waals surface area contributed by atoms with Crippen LogP contribution in [0.1, 0.15) is 49.0 Å². The molecular weight excluding hydrogens is 295 g/mol. The Morgan fingerprint density at radius 3 is 2.75 bits per heavy atom. The lowest BCUT2D eigenvalue weighted by atomic mass is 10.1. The molecule has 1 aromatic carbocycles. The van der Waals surface area contributed by atoms with Gasteiger partial charge < -0.3 is 5.32 Å². The zero-order valence-corrected chi connectivity index (χ0v) is 13.4. The molecule has 0 fully saturated rings. The van der Waals surface area contributed by atoms with Gasteiger partial charge in [-0.1, -0.05) is 32.4 Å². The quantitative estimate of drug-likeness (QED) is 0.861. The van der Waals surface area contributed by atoms with Crippen molar-refractivity contribution in [2.24, 2.45) is 0 Å². The van der Waals surface area contributed by atoms with Gasteiger partial charge in [-0.05, 0) is 30.7 Å². The van der Waals surface area contributed by atoms with Gasteiger partial charge in [0.05, 0.1) is 11.7 Å². The van der Waals surface area contributed by atoms with E-state index in [9.17, 15) is 4.39 Å². The fraction of sp³-hybridized carbons (Fsp3) is 0.400. The van der Waals surface area contributed by atoms with Crippen molar-refractivity contribution in [3.8, 4) is 0 Å². The summed E-state index contributed by atoms with van der Waals surface area (Å²) in [6.07, 6.45) is 0. The molecule has 20 heavy (non-hydrogen) atoms. The summed E-state index contributed by atoms with van der Waals surface area (Å²) in [6, 6.07) is 4.38. The Bertz CT molecular complexity index is 583. The van der Waals surface area contributed by atoms with Crippen LogP contribution in [0.25, 0.3) is 0 Å². The normalized spacial score (nSPS) is 12.9. The molecule has 0 aliphatic rings. The Morgan fingerprint density at radius 1 is 1.40 bits per heavy atom. The molecule has 0 amide bonds. The Labute approximate surface area is 128 Å². The third kappa shape index (κ3) is 3.37. The number of aromatic nitrogens is 1. The smallest absolute Gasteiger partial charge is 0.128 e. The van der Waals surface area contributed by atoms with Gasteiger partial charge in [-0.15, -0.1) is 11.3 Å². The third-order valence-corrected chi connectivity index (χ3v) is 4.22. The van der Waals surface area contributed by atoms with E-state index in [1.54, 1.807) is 23.5 Å². The monoisotopic (exact) mass is 312 g/mol. The predicted octanol–water partition coefficient (Wildman–Crippen LogP) is 4.76. The number of nitrogens with zero attached hydrogens (tertiary/aromatic N) is 1. The first-order chi connectivity index (χ1) is 9.52. The molecule has 108 valence electrons. The maximum Gasteiger partial charge on any atom is 0.128 e. The molecule has 0 saturated carbocycles. The van der Waals surface area contributed by atoms with Crippen LogP contribution in [0, 0.1) is 5.82 Å². The Morgan fingerprint density at radius 2 is 2.15 bits per heavy atom. The van der Waals surface area contributed by atoms with Crippen molar-refractivity contribution < 1.29 is 4.39 Å². The summed E-state index contributed by atoms with van der Waals surface area (Å²) in [5.41, 5.74) is 1.58. The van der Waals surface area contributed by atoms with Crippen LogP contribution in [0.15, 0.2) is 23.6 Å². The number of hydrogen-bond acceptors (Lipinski definition) is 3. The highest BCUT2D eigenvalue weighted by atomic mass is 35.5. The number of rotatable bonds is 5. The highest BCUT2D eigenvalue weighted by Gasteiger charge is 2.21. The van der Waals surface area contributed by atoms with Crippen molar-refractivity contribution in [2.75, 3.05) is 6.54 Å². The van der Waals surface area contributed by atoms with Crippen molar-refractivity contribution >= 4 is 22.9 Å². The number of thiazole rings is 1. The van der Waals surface area contributed by atoms with Gasteiger partial charge in [0, 0.05) is 16.0 Å². The van der Waals surface area contributed by atoms with E-state index in [4.69, 9.17) is 11.6 Å². The summed E-state index contributed by atoms with van der Waals surface area (Å²) in [6.45, 7) is 6.92. The summed E-state index contributed by atoms with van der Waals surface area (Å²) in [4.78, 5) is 4.62. The molecule has 0 spiro atoms. The zero-order chi connectivity index (χ0) is 14.7. The minimum Gasteiger partial charge on any atom is -0.304 e. The van der Waals surface area contributed by atoms with Crippen LogP contribution in [-0.4, -0.2) is 11.5 Å². The van der Waals surface area contributed by atoms with E-state index in [0.717, 1.165) is 17.2 Å². The molecule has 1 atom stereocenters. The fourth-order valence-electron chi connectivity index (χ4n) is 1.97. The summed E-state index contributed by atoms with van der Waals surface area (Å²) < 4.78 is 14.1. The SMILES string of the molecule is CCNC(c1nc(C(C)C)cs1)c1cc(Cl)ccc1F. The predicted molar refractivity (Wildman–Crippen MR) is 83.1 cm³/mol. The van der Waals surface area contributed by atoms with Crippen molar-refractivity contribution in [1.82, 2.24) is 10.3 Å². The maximum atomic E-state index is 14.1. The van der Waals surface area contributed by atoms with Crippen molar-refractivity contribution in [2.45, 2.75) is 32.7 Å². The van der Waals surface area contributed by atoms with Crippen molar-refractivity contribution in [3.63, 3.8) is 0 Å². The number of halogens is 2. The van der Waals surface area contributed by atoms with Crippen LogP contribution in [0.5, 0.6) is 0 Å². The molecule has 2 nitrogen and oxygen atoms in total. The first-order valence-electron chi connectivity index (χ1n) is 6.66. The minimum absolute atomic E-state index is 0.254. The third-order valence-electron chi connectivity index (χ3n) is 3.06. The Kier molecular flexibility index (Phi) is 5.13. The molecule has 1 unspecified atom stereocenters. The number of hydrogen-bond donors (Lipinski definition) is 1. The largest absolute Gasteiger partial charge is 0.304 e. The molecule has 2 aromatic rings. The lowest BCUT2D eigenvalue weighted by Crippen LogP contribution is -2.23. The molecule has 5 heteroatoms. The molecule has 1 heterocycles. The average molecular weight is 313 g/mol. The standard InChI is InChI=1S/C15H18ClFN2S/c1-4-18-14(11-7-10(16)5-6-12(11)17)15-19-13(8-20-15)9(2)3/h5-9,14,18H,4H2,1-3H3. The Balaban J connectivity index is 2.41. The average Bonchev–Trinajstić information content (AvgIpc) is 2.89. The molecule has 0 aliphatic heterocycles. The Hall–Kier alpha value is -0.970. The van der Waals surface area contributed by atoms with Gasteiger partial charge in [0.25, 0.3) is 0 Å². The van der Waals surface area contributed by atoms with E-state index >= 15 is 0 Å². The van der Waals surface area contributed by atoms with Gasteiger partial charge in [-0.2, -0.15) is 0 Å². The second-order valence-electron chi connectivity index (χ2n) is 4.92. The topological polar surface area (TPSA) is 24.9 Å². The van der Waals surface area contributed by atoms with Crippen LogP contribution in [-0.2, 0) is 0 Å². The summed E-state index contributed by atoms with van der Waals surface area (Å²) in [7, 11) is 0. The van der Waals surface area contributed by atoms with Gasteiger partial charge in [-0.25, -0.2) is 9.37 Å². The van der Waals surface area contributed by atoms with Gasteiger partial charge >= 0.3 is 0 Å². The van der Waals surface area contributed by atoms with Crippen LogP contribution in [0.3, 0.4) is 0 Å². The second kappa shape index (κ2) is 6.66. The highest BCUT2D eigenvalue weighted by Crippen LogP contribution is 2.30. The molecule has 1 N–H and O–H groups in total. The molecule has 0 saturated heterocycles. The molecule has 0 bridgehead atoms. The molecule has 1 aromatic heterocycles. The van der Waals surface area contributed by atoms with E-state index in [0.29, 0.717) is 16.5 Å². The lowest BCUT2D eigenvalue weighted by Gasteiger charge is -2.17. The van der Waals surface area contributed by atoms with Gasteiger partial charge in [-0.3, -0.25) is 0 Å². The zero-order valence-electron chi connectivity index (χ0n) is 11.8. The van der Waals surface area contributed by atoms with Gasteiger partial charge in [0.2, 0.25) is 0 Å². The van der Waals surface area contributed by atoms with Crippen LogP contribution >= 0.6 is 22.9 Å². The van der Waals surface area contributed by atoms with E-state index in [1.807, 2.05) is 12.3 Å². The minimum atomic E-state index is -0.262. The highest BCUT2D eigenvalue weighted by molar-refractivity contribution is 7.09. The summed E-state index contributed by atoms with van der Waals surface area (Å²) >= 11 is 7.54. The van der Waals surface area contributed by atoms with Crippen molar-refractivity contribution in [1.29, 1.82) is 0 Å². The van der Waals surface area contributed by atoms with E-state index in [1.165, 1.54) is 6.07 Å². The van der Waals surface area contributed by atoms with Gasteiger partial charge in [0.15, 0.2) is 0 Å². The molecule has 2 rings (SSSR count). The lowest BCUT2D eigenvalue weighted by molar-refractivity contribution is 0.556. The first-order valence-corrected chi connectivity index (χ1v) is 7.92. The van der Waals surface area contributed by atoms with E-state index < -0.39 is 0 Å². The maximum absolute atomic E-state index is 14.1. The fourth-order valence-corrected chi connectivity index (χ4v) is 3.22. The number of benzene rings is 1. The first kappa shape index (κ1) is 15.4. The summed E-state index contributed by atoms with van der Waals surface area (Å²) in [5.74, 6) is 0.105. The molecule has 0 aliphatic carbocycles. The van der Waals surface area contributed by atoms with Gasteiger partial charge in [0.1, 0.15) is 10.8 Å². The van der Waals surface area contributed by atoms with Crippen molar-refractivity contribution in [3.05, 3.63) is 50.7 Å². The van der Waals surface area contributed by atoms with Crippen LogP contribution in [0.4, 0.5) is 4.39 Å². The second-order valence-corrected chi connectivity index (χ2v) is 6.25. The summed E-state index contributed by atoms with van der Waals surface area (Å²) in [5, 5.41) is 6.72. The van der Waals surface area contributed by atoms with E-state index in [2.05, 4.69) is 24.1 Å². The van der Waals surface area contributed by atoms with Crippen LogP contribution < -0.4 is 5.32 Å². The molecular formula is C15H18ClFN2S. The van der Waals surface area contributed by atoms with Crippen LogP contribution in [0.2, 0.25) is 5.02 Å².